The standard InChI is InChI=1S/C20H24N4O3/c1-14-7-8-18(15(2)12-14)24-22-16(3)19(23-24)20(25)21-9-5-10-26-13-17-6-4-11-27-17/h4,6-8,11-12H,5,9-10,13H2,1-3H3,(H,21,25). The molecule has 2 aromatic heterocycles. The molecule has 0 aliphatic rings. The molecule has 1 amide bonds. The lowest BCUT2D eigenvalue weighted by Gasteiger charge is -2.05. The maximum absolute atomic E-state index is 12.4. The Kier molecular flexibility index (Phi) is 6.03. The number of carbonyl (C=O) groups excluding carboxylic acids is 1. The van der Waals surface area contributed by atoms with Crippen LogP contribution in [0.25, 0.3) is 5.69 Å². The molecule has 2 heterocycles. The van der Waals surface area contributed by atoms with Crippen molar-refractivity contribution in [2.45, 2.75) is 33.8 Å². The highest BCUT2D eigenvalue weighted by atomic mass is 16.5. The highest BCUT2D eigenvalue weighted by Crippen LogP contribution is 2.15. The first-order valence-electron chi connectivity index (χ1n) is 8.94. The fraction of sp³-hybridized carbons (Fsp3) is 0.350. The predicted molar refractivity (Wildman–Crippen MR) is 101 cm³/mol. The molecule has 0 saturated heterocycles. The Hall–Kier alpha value is -2.93. The molecule has 0 atom stereocenters. The number of nitrogens with one attached hydrogen (secondary N) is 1. The molecule has 0 aliphatic heterocycles. The number of nitrogens with zero attached hydrogens (tertiary/aromatic N) is 3. The van der Waals surface area contributed by atoms with Gasteiger partial charge in [-0.1, -0.05) is 17.7 Å². The molecule has 7 heteroatoms. The van der Waals surface area contributed by atoms with Gasteiger partial charge in [-0.05, 0) is 51.0 Å². The van der Waals surface area contributed by atoms with Gasteiger partial charge in [0.25, 0.3) is 5.91 Å². The molecule has 0 bridgehead atoms. The summed E-state index contributed by atoms with van der Waals surface area (Å²) in [4.78, 5) is 13.9. The fourth-order valence-corrected chi connectivity index (χ4v) is 2.75. The van der Waals surface area contributed by atoms with Gasteiger partial charge in [-0.25, -0.2) is 0 Å². The third-order valence-corrected chi connectivity index (χ3v) is 4.14. The van der Waals surface area contributed by atoms with Crippen LogP contribution in [-0.2, 0) is 11.3 Å². The number of carbonyl (C=O) groups is 1. The predicted octanol–water partition coefficient (Wildman–Crippen LogP) is 3.12. The minimum Gasteiger partial charge on any atom is -0.467 e. The van der Waals surface area contributed by atoms with Crippen LogP contribution in [0.1, 0.15) is 39.5 Å². The average molecular weight is 368 g/mol. The van der Waals surface area contributed by atoms with E-state index in [1.165, 1.54) is 10.4 Å². The third kappa shape index (κ3) is 4.83. The van der Waals surface area contributed by atoms with E-state index in [-0.39, 0.29) is 5.91 Å². The molecule has 0 unspecified atom stereocenters. The van der Waals surface area contributed by atoms with E-state index in [2.05, 4.69) is 21.6 Å². The number of hydrogen-bond acceptors (Lipinski definition) is 5. The van der Waals surface area contributed by atoms with Crippen molar-refractivity contribution in [3.8, 4) is 5.69 Å². The van der Waals surface area contributed by atoms with E-state index in [1.807, 2.05) is 38.1 Å². The largest absolute Gasteiger partial charge is 0.467 e. The number of benzene rings is 1. The Morgan fingerprint density at radius 2 is 2.07 bits per heavy atom. The zero-order chi connectivity index (χ0) is 19.2. The summed E-state index contributed by atoms with van der Waals surface area (Å²) < 4.78 is 10.7. The summed E-state index contributed by atoms with van der Waals surface area (Å²) in [6, 6.07) is 9.72. The zero-order valence-electron chi connectivity index (χ0n) is 15.9. The number of ether oxygens (including phenoxy) is 1. The van der Waals surface area contributed by atoms with Gasteiger partial charge < -0.3 is 14.5 Å². The van der Waals surface area contributed by atoms with Crippen LogP contribution in [0.2, 0.25) is 0 Å². The van der Waals surface area contributed by atoms with Gasteiger partial charge in [-0.3, -0.25) is 4.79 Å². The topological polar surface area (TPSA) is 82.2 Å². The van der Waals surface area contributed by atoms with Gasteiger partial charge in [0.15, 0.2) is 5.69 Å². The Labute approximate surface area is 158 Å². The van der Waals surface area contributed by atoms with Crippen molar-refractivity contribution in [3.05, 3.63) is 64.9 Å². The summed E-state index contributed by atoms with van der Waals surface area (Å²) in [7, 11) is 0. The van der Waals surface area contributed by atoms with Crippen molar-refractivity contribution in [2.75, 3.05) is 13.2 Å². The lowest BCUT2D eigenvalue weighted by atomic mass is 10.1. The van der Waals surface area contributed by atoms with Crippen molar-refractivity contribution in [1.82, 2.24) is 20.3 Å². The molecule has 1 N–H and O–H groups in total. The van der Waals surface area contributed by atoms with E-state index in [0.29, 0.717) is 37.6 Å². The van der Waals surface area contributed by atoms with Crippen LogP contribution in [0, 0.1) is 20.8 Å². The number of amides is 1. The molecule has 3 aromatic rings. The molecular weight excluding hydrogens is 344 g/mol. The van der Waals surface area contributed by atoms with Gasteiger partial charge in [-0.2, -0.15) is 9.90 Å². The number of aryl methyl sites for hydroxylation is 3. The zero-order valence-corrected chi connectivity index (χ0v) is 15.9. The first-order chi connectivity index (χ1) is 13.0. The van der Waals surface area contributed by atoms with Crippen LogP contribution in [0.4, 0.5) is 0 Å². The second kappa shape index (κ2) is 8.64. The van der Waals surface area contributed by atoms with Crippen molar-refractivity contribution >= 4 is 5.91 Å². The number of furan rings is 1. The minimum atomic E-state index is -0.227. The normalized spacial score (nSPS) is 10.9. The van der Waals surface area contributed by atoms with E-state index in [4.69, 9.17) is 9.15 Å². The molecular formula is C20H24N4O3. The first-order valence-corrected chi connectivity index (χ1v) is 8.94. The van der Waals surface area contributed by atoms with Gasteiger partial charge >= 0.3 is 0 Å². The number of hydrogen-bond donors (Lipinski definition) is 1. The smallest absolute Gasteiger partial charge is 0.273 e. The molecule has 0 spiro atoms. The van der Waals surface area contributed by atoms with Crippen LogP contribution in [0.5, 0.6) is 0 Å². The summed E-state index contributed by atoms with van der Waals surface area (Å²) in [6.07, 6.45) is 2.32. The summed E-state index contributed by atoms with van der Waals surface area (Å²) >= 11 is 0. The monoisotopic (exact) mass is 368 g/mol. The Bertz CT molecular complexity index is 900. The molecule has 0 saturated carbocycles. The molecule has 0 fully saturated rings. The Morgan fingerprint density at radius 1 is 1.22 bits per heavy atom. The van der Waals surface area contributed by atoms with Gasteiger partial charge in [0.2, 0.25) is 0 Å². The first kappa shape index (κ1) is 18.8. The molecule has 27 heavy (non-hydrogen) atoms. The van der Waals surface area contributed by atoms with Gasteiger partial charge in [0, 0.05) is 13.2 Å². The van der Waals surface area contributed by atoms with Gasteiger partial charge in [0.1, 0.15) is 12.4 Å². The van der Waals surface area contributed by atoms with Gasteiger partial charge in [-0.15, -0.1) is 5.10 Å². The van der Waals surface area contributed by atoms with E-state index in [0.717, 1.165) is 17.0 Å². The average Bonchev–Trinajstić information content (AvgIpc) is 3.27. The van der Waals surface area contributed by atoms with Crippen molar-refractivity contribution in [3.63, 3.8) is 0 Å². The van der Waals surface area contributed by atoms with E-state index in [9.17, 15) is 4.79 Å². The lowest BCUT2D eigenvalue weighted by Crippen LogP contribution is -2.26. The van der Waals surface area contributed by atoms with E-state index in [1.54, 1.807) is 13.2 Å². The van der Waals surface area contributed by atoms with Crippen molar-refractivity contribution < 1.29 is 13.9 Å². The summed E-state index contributed by atoms with van der Waals surface area (Å²) in [5.41, 5.74) is 4.04. The summed E-state index contributed by atoms with van der Waals surface area (Å²) in [5, 5.41) is 11.6. The van der Waals surface area contributed by atoms with E-state index < -0.39 is 0 Å². The quantitative estimate of drug-likeness (QED) is 0.618. The fourth-order valence-electron chi connectivity index (χ4n) is 2.75. The summed E-state index contributed by atoms with van der Waals surface area (Å²) in [6.45, 7) is 7.31. The lowest BCUT2D eigenvalue weighted by molar-refractivity contribution is 0.0912. The maximum atomic E-state index is 12.4. The second-order valence-corrected chi connectivity index (χ2v) is 6.45. The molecule has 7 nitrogen and oxygen atoms in total. The Balaban J connectivity index is 1.50. The van der Waals surface area contributed by atoms with Crippen molar-refractivity contribution in [2.24, 2.45) is 0 Å². The SMILES string of the molecule is Cc1ccc(-n2nc(C)c(C(=O)NCCCOCc3ccco3)n2)c(C)c1. The molecule has 0 radical (unpaired) electrons. The molecule has 0 aliphatic carbocycles. The molecule has 142 valence electrons. The van der Waals surface area contributed by atoms with Crippen LogP contribution in [0.3, 0.4) is 0 Å². The summed E-state index contributed by atoms with van der Waals surface area (Å²) in [5.74, 6) is 0.562. The van der Waals surface area contributed by atoms with Crippen LogP contribution < -0.4 is 5.32 Å². The molecule has 3 rings (SSSR count). The van der Waals surface area contributed by atoms with Crippen LogP contribution >= 0.6 is 0 Å². The third-order valence-electron chi connectivity index (χ3n) is 4.14. The highest BCUT2D eigenvalue weighted by molar-refractivity contribution is 5.93. The van der Waals surface area contributed by atoms with Crippen LogP contribution in [-0.4, -0.2) is 34.1 Å². The van der Waals surface area contributed by atoms with E-state index >= 15 is 0 Å². The van der Waals surface area contributed by atoms with Gasteiger partial charge in [0.05, 0.1) is 17.6 Å². The maximum Gasteiger partial charge on any atom is 0.273 e. The molecule has 1 aromatic carbocycles. The second-order valence-electron chi connectivity index (χ2n) is 6.45. The van der Waals surface area contributed by atoms with Crippen molar-refractivity contribution in [1.29, 1.82) is 0 Å². The number of rotatable bonds is 8. The highest BCUT2D eigenvalue weighted by Gasteiger charge is 2.16. The Morgan fingerprint density at radius 3 is 2.81 bits per heavy atom. The van der Waals surface area contributed by atoms with Crippen LogP contribution in [0.15, 0.2) is 41.0 Å². The number of aromatic nitrogens is 3. The minimum absolute atomic E-state index is 0.227.